The predicted molar refractivity (Wildman–Crippen MR) is 118 cm³/mol. The Morgan fingerprint density at radius 3 is 2.65 bits per heavy atom. The molecule has 4 rings (SSSR count). The van der Waals surface area contributed by atoms with Gasteiger partial charge in [0.15, 0.2) is 17.0 Å². The minimum absolute atomic E-state index is 0.0938. The van der Waals surface area contributed by atoms with Gasteiger partial charge in [-0.1, -0.05) is 36.2 Å². The summed E-state index contributed by atoms with van der Waals surface area (Å²) in [6, 6.07) is 0. The molecule has 9 nitrogen and oxygen atoms in total. The highest BCUT2D eigenvalue weighted by atomic mass is 35.5. The number of allylic oxidation sites excluding steroid dienone is 4. The minimum Gasteiger partial charge on any atom is -0.334 e. The Morgan fingerprint density at radius 1 is 1.10 bits per heavy atom. The first-order valence-corrected chi connectivity index (χ1v) is 11.0. The van der Waals surface area contributed by atoms with Crippen molar-refractivity contribution in [3.63, 3.8) is 0 Å². The van der Waals surface area contributed by atoms with Gasteiger partial charge in [-0.05, 0) is 36.9 Å². The fourth-order valence-corrected chi connectivity index (χ4v) is 3.91. The van der Waals surface area contributed by atoms with E-state index in [9.17, 15) is 9.59 Å². The van der Waals surface area contributed by atoms with Gasteiger partial charge in [0.2, 0.25) is 5.28 Å². The molecule has 31 heavy (non-hydrogen) atoms. The van der Waals surface area contributed by atoms with Gasteiger partial charge in [0.1, 0.15) is 0 Å². The topological polar surface area (TPSA) is 112 Å². The van der Waals surface area contributed by atoms with Gasteiger partial charge in [-0.25, -0.2) is 4.79 Å². The van der Waals surface area contributed by atoms with Crippen LogP contribution in [0.1, 0.15) is 50.7 Å². The summed E-state index contributed by atoms with van der Waals surface area (Å²) in [7, 11) is 0. The van der Waals surface area contributed by atoms with Crippen LogP contribution in [0.5, 0.6) is 0 Å². The lowest BCUT2D eigenvalue weighted by Crippen LogP contribution is -2.40. The zero-order valence-electron chi connectivity index (χ0n) is 17.0. The first kappa shape index (κ1) is 21.6. The van der Waals surface area contributed by atoms with E-state index in [0.717, 1.165) is 23.4 Å². The van der Waals surface area contributed by atoms with E-state index < -0.39 is 5.56 Å². The average molecular weight is 465 g/mol. The van der Waals surface area contributed by atoms with Crippen LogP contribution in [0.4, 0.5) is 0 Å². The Kier molecular flexibility index (Phi) is 6.43. The number of aromatic amines is 1. The Balaban J connectivity index is 1.44. The highest BCUT2D eigenvalue weighted by Crippen LogP contribution is 2.28. The number of halogens is 2. The maximum atomic E-state index is 12.9. The first-order chi connectivity index (χ1) is 15.0. The molecule has 3 aromatic heterocycles. The van der Waals surface area contributed by atoms with Crippen LogP contribution < -0.4 is 11.2 Å². The molecule has 0 aliphatic heterocycles. The molecule has 0 radical (unpaired) electrons. The summed E-state index contributed by atoms with van der Waals surface area (Å²) in [5.74, 6) is 1.06. The smallest absolute Gasteiger partial charge is 0.332 e. The maximum Gasteiger partial charge on any atom is 0.332 e. The van der Waals surface area contributed by atoms with Gasteiger partial charge in [0, 0.05) is 36.5 Å². The Bertz CT molecular complexity index is 1280. The number of nitrogens with zero attached hydrogens (tertiary/aromatic N) is 5. The van der Waals surface area contributed by atoms with Crippen molar-refractivity contribution in [1.82, 2.24) is 29.2 Å². The number of hydrogen-bond acceptors (Lipinski definition) is 6. The lowest BCUT2D eigenvalue weighted by Gasteiger charge is -2.10. The molecule has 0 bridgehead atoms. The summed E-state index contributed by atoms with van der Waals surface area (Å²) >= 11 is 11.9. The second-order valence-corrected chi connectivity index (χ2v) is 8.27. The third kappa shape index (κ3) is 4.52. The van der Waals surface area contributed by atoms with E-state index in [1.807, 2.05) is 19.1 Å². The molecule has 0 unspecified atom stereocenters. The summed E-state index contributed by atoms with van der Waals surface area (Å²) in [5, 5.41) is 4.83. The number of nitrogens with one attached hydrogen (secondary N) is 1. The largest absolute Gasteiger partial charge is 0.334 e. The number of aryl methyl sites for hydroxylation is 2. The van der Waals surface area contributed by atoms with Crippen LogP contribution in [0.3, 0.4) is 0 Å². The van der Waals surface area contributed by atoms with E-state index in [2.05, 4.69) is 20.1 Å². The normalized spacial score (nSPS) is 13.8. The second-order valence-electron chi connectivity index (χ2n) is 7.43. The molecule has 3 aromatic rings. The standard InChI is InChI=1S/C20H22Cl2N6O3/c1-2-3-9-27-16-15(24-19(22)25-16)18(29)28(20(27)30)10-5-4-6-14-23-17(31-26-14)12-7-8-13(21)11-12/h7-8H,2-6,9-11H2,1H3,(H,24,25). The third-order valence-electron chi connectivity index (χ3n) is 5.17. The van der Waals surface area contributed by atoms with E-state index in [0.29, 0.717) is 49.6 Å². The minimum atomic E-state index is -0.411. The number of imidazole rings is 1. The Hall–Kier alpha value is -2.65. The van der Waals surface area contributed by atoms with Crippen molar-refractivity contribution in [3.8, 4) is 0 Å². The van der Waals surface area contributed by atoms with E-state index in [4.69, 9.17) is 27.7 Å². The fourth-order valence-electron chi connectivity index (χ4n) is 3.53. The average Bonchev–Trinajstić information content (AvgIpc) is 3.47. The number of rotatable bonds is 9. The molecule has 1 aliphatic rings. The number of unbranched alkanes of at least 4 members (excludes halogenated alkanes) is 2. The molecule has 3 heterocycles. The lowest BCUT2D eigenvalue weighted by atomic mass is 10.2. The van der Waals surface area contributed by atoms with Gasteiger partial charge >= 0.3 is 5.69 Å². The number of aromatic nitrogens is 6. The fraction of sp³-hybridized carbons (Fsp3) is 0.450. The van der Waals surface area contributed by atoms with Crippen molar-refractivity contribution < 1.29 is 4.52 Å². The van der Waals surface area contributed by atoms with E-state index in [1.54, 1.807) is 0 Å². The second kappa shape index (κ2) is 9.23. The molecule has 0 spiro atoms. The Morgan fingerprint density at radius 2 is 1.90 bits per heavy atom. The molecule has 0 fully saturated rings. The zero-order chi connectivity index (χ0) is 22.0. The van der Waals surface area contributed by atoms with Crippen molar-refractivity contribution >= 4 is 39.9 Å². The van der Waals surface area contributed by atoms with Gasteiger partial charge < -0.3 is 9.51 Å². The molecule has 0 saturated carbocycles. The molecule has 1 N–H and O–H groups in total. The first-order valence-electron chi connectivity index (χ1n) is 10.2. The number of fused-ring (bicyclic) bond motifs is 1. The van der Waals surface area contributed by atoms with E-state index >= 15 is 0 Å². The van der Waals surface area contributed by atoms with Crippen LogP contribution in [0, 0.1) is 0 Å². The molecule has 164 valence electrons. The summed E-state index contributed by atoms with van der Waals surface area (Å²) in [6.07, 6.45) is 7.87. The van der Waals surface area contributed by atoms with Gasteiger partial charge in [-0.15, -0.1) is 0 Å². The van der Waals surface area contributed by atoms with Crippen molar-refractivity contribution in [2.24, 2.45) is 0 Å². The molecule has 0 atom stereocenters. The Labute approximate surface area is 187 Å². The number of hydrogen-bond donors (Lipinski definition) is 1. The number of H-pyrrole nitrogens is 1. The summed E-state index contributed by atoms with van der Waals surface area (Å²) in [5.41, 5.74) is 0.676. The molecule has 0 aromatic carbocycles. The van der Waals surface area contributed by atoms with Gasteiger partial charge in [0.05, 0.1) is 0 Å². The van der Waals surface area contributed by atoms with Gasteiger partial charge in [-0.2, -0.15) is 9.97 Å². The quantitative estimate of drug-likeness (QED) is 0.381. The van der Waals surface area contributed by atoms with Crippen LogP contribution in [0.2, 0.25) is 5.28 Å². The van der Waals surface area contributed by atoms with Gasteiger partial charge in [-0.3, -0.25) is 13.9 Å². The summed E-state index contributed by atoms with van der Waals surface area (Å²) in [4.78, 5) is 37.0. The van der Waals surface area contributed by atoms with Crippen molar-refractivity contribution in [2.45, 2.75) is 58.5 Å². The zero-order valence-corrected chi connectivity index (χ0v) is 18.5. The van der Waals surface area contributed by atoms with Crippen molar-refractivity contribution in [2.75, 3.05) is 0 Å². The molecule has 0 amide bonds. The van der Waals surface area contributed by atoms with Crippen LogP contribution >= 0.6 is 23.2 Å². The molecular weight excluding hydrogens is 443 g/mol. The maximum absolute atomic E-state index is 12.9. The van der Waals surface area contributed by atoms with Crippen LogP contribution in [-0.4, -0.2) is 29.2 Å². The molecule has 1 aliphatic carbocycles. The van der Waals surface area contributed by atoms with E-state index in [-0.39, 0.29) is 23.0 Å². The summed E-state index contributed by atoms with van der Waals surface area (Å²) < 4.78 is 8.06. The molecule has 11 heteroatoms. The van der Waals surface area contributed by atoms with Crippen LogP contribution in [0.25, 0.3) is 16.7 Å². The molecular formula is C20H22Cl2N6O3. The highest BCUT2D eigenvalue weighted by molar-refractivity contribution is 6.31. The molecule has 0 saturated heterocycles. The van der Waals surface area contributed by atoms with Crippen LogP contribution in [-0.2, 0) is 19.5 Å². The monoisotopic (exact) mass is 464 g/mol. The van der Waals surface area contributed by atoms with Crippen molar-refractivity contribution in [3.05, 3.63) is 55.0 Å². The van der Waals surface area contributed by atoms with Gasteiger partial charge in [0.25, 0.3) is 11.4 Å². The predicted octanol–water partition coefficient (Wildman–Crippen LogP) is 3.66. The van der Waals surface area contributed by atoms with Crippen molar-refractivity contribution in [1.29, 1.82) is 0 Å². The summed E-state index contributed by atoms with van der Waals surface area (Å²) in [6.45, 7) is 2.80. The highest BCUT2D eigenvalue weighted by Gasteiger charge is 2.17. The third-order valence-corrected chi connectivity index (χ3v) is 5.61. The lowest BCUT2D eigenvalue weighted by molar-refractivity contribution is 0.398. The SMILES string of the molecule is CCCCn1c(=O)n(CCCCc2noc(C3=CC=C(Cl)C3)n2)c(=O)c2[nH]c(Cl)nc21. The van der Waals surface area contributed by atoms with Crippen LogP contribution in [0.15, 0.2) is 31.3 Å². The van der Waals surface area contributed by atoms with E-state index in [1.165, 1.54) is 9.13 Å².